The van der Waals surface area contributed by atoms with Gasteiger partial charge in [-0.25, -0.2) is 5.43 Å². The second kappa shape index (κ2) is 6.60. The SMILES string of the molecule is CC1(C)O[C@H]2CO[C@H]3OC(C)(C)O[C@]3(/C=N\NC(=O)c3cc4ccccc4[nH]3)[C@@H]2O1. The largest absolute Gasteiger partial charge is 0.350 e. The first-order valence-electron chi connectivity index (χ1n) is 9.95. The second-order valence-corrected chi connectivity index (χ2v) is 8.70. The molecule has 4 heterocycles. The maximum absolute atomic E-state index is 12.6. The Hall–Kier alpha value is -2.30. The molecule has 1 aromatic heterocycles. The Labute approximate surface area is 173 Å². The molecule has 0 spiro atoms. The number of benzene rings is 1. The van der Waals surface area contributed by atoms with E-state index in [0.29, 0.717) is 12.3 Å². The molecule has 0 bridgehead atoms. The highest BCUT2D eigenvalue weighted by molar-refractivity contribution is 5.98. The quantitative estimate of drug-likeness (QED) is 0.589. The summed E-state index contributed by atoms with van der Waals surface area (Å²) in [5.74, 6) is -2.08. The topological polar surface area (TPSA) is 103 Å². The van der Waals surface area contributed by atoms with E-state index in [0.717, 1.165) is 10.9 Å². The first-order chi connectivity index (χ1) is 14.2. The molecule has 2 aromatic rings. The molecule has 3 fully saturated rings. The van der Waals surface area contributed by atoms with Crippen LogP contribution in [0.1, 0.15) is 38.2 Å². The van der Waals surface area contributed by atoms with Gasteiger partial charge in [0.25, 0.3) is 5.91 Å². The molecule has 4 atom stereocenters. The fraction of sp³-hybridized carbons (Fsp3) is 0.524. The summed E-state index contributed by atoms with van der Waals surface area (Å²) in [7, 11) is 0. The average molecular weight is 415 g/mol. The van der Waals surface area contributed by atoms with Crippen LogP contribution < -0.4 is 5.43 Å². The number of nitrogens with one attached hydrogen (secondary N) is 2. The summed E-state index contributed by atoms with van der Waals surface area (Å²) in [6.07, 6.45) is -0.0829. The van der Waals surface area contributed by atoms with Crippen LogP contribution in [0.15, 0.2) is 35.4 Å². The van der Waals surface area contributed by atoms with E-state index in [9.17, 15) is 4.79 Å². The molecule has 30 heavy (non-hydrogen) atoms. The fourth-order valence-corrected chi connectivity index (χ4v) is 4.33. The van der Waals surface area contributed by atoms with Crippen LogP contribution in [-0.4, -0.2) is 59.4 Å². The predicted octanol–water partition coefficient (Wildman–Crippen LogP) is 2.28. The van der Waals surface area contributed by atoms with Crippen molar-refractivity contribution in [2.75, 3.05) is 6.61 Å². The van der Waals surface area contributed by atoms with Gasteiger partial charge >= 0.3 is 0 Å². The van der Waals surface area contributed by atoms with Crippen LogP contribution in [0, 0.1) is 0 Å². The van der Waals surface area contributed by atoms with Crippen LogP contribution in [0.25, 0.3) is 10.9 Å². The van der Waals surface area contributed by atoms with E-state index >= 15 is 0 Å². The van der Waals surface area contributed by atoms with E-state index in [1.807, 2.05) is 38.1 Å². The van der Waals surface area contributed by atoms with Gasteiger partial charge in [0.2, 0.25) is 0 Å². The zero-order chi connectivity index (χ0) is 21.1. The third kappa shape index (κ3) is 3.23. The lowest BCUT2D eigenvalue weighted by Gasteiger charge is -2.39. The maximum Gasteiger partial charge on any atom is 0.287 e. The summed E-state index contributed by atoms with van der Waals surface area (Å²) < 4.78 is 30.1. The molecule has 5 rings (SSSR count). The zero-order valence-corrected chi connectivity index (χ0v) is 17.3. The molecule has 0 radical (unpaired) electrons. The average Bonchev–Trinajstić information content (AvgIpc) is 3.31. The Kier molecular flexibility index (Phi) is 4.32. The van der Waals surface area contributed by atoms with Gasteiger partial charge in [0.1, 0.15) is 17.9 Å². The van der Waals surface area contributed by atoms with Crippen molar-refractivity contribution in [1.82, 2.24) is 10.4 Å². The van der Waals surface area contributed by atoms with E-state index < -0.39 is 29.6 Å². The highest BCUT2D eigenvalue weighted by Gasteiger charge is 2.66. The van der Waals surface area contributed by atoms with Gasteiger partial charge in [-0.2, -0.15) is 5.10 Å². The highest BCUT2D eigenvalue weighted by atomic mass is 16.9. The van der Waals surface area contributed by atoms with Gasteiger partial charge < -0.3 is 28.7 Å². The monoisotopic (exact) mass is 415 g/mol. The normalized spacial score (nSPS) is 34.2. The number of aromatic nitrogens is 1. The number of H-pyrrole nitrogens is 1. The van der Waals surface area contributed by atoms with Crippen LogP contribution in [0.4, 0.5) is 0 Å². The minimum Gasteiger partial charge on any atom is -0.350 e. The van der Waals surface area contributed by atoms with E-state index in [1.54, 1.807) is 19.9 Å². The van der Waals surface area contributed by atoms with Gasteiger partial charge in [0.05, 0.1) is 12.8 Å². The number of carbonyl (C=O) groups excluding carboxylic acids is 1. The number of nitrogens with zero attached hydrogens (tertiary/aromatic N) is 1. The molecule has 160 valence electrons. The molecule has 1 aromatic carbocycles. The van der Waals surface area contributed by atoms with Gasteiger partial charge in [-0.05, 0) is 39.8 Å². The third-order valence-electron chi connectivity index (χ3n) is 5.43. The van der Waals surface area contributed by atoms with Crippen molar-refractivity contribution in [3.8, 4) is 0 Å². The van der Waals surface area contributed by atoms with Gasteiger partial charge in [0.15, 0.2) is 23.5 Å². The first-order valence-corrected chi connectivity index (χ1v) is 9.95. The number of aromatic amines is 1. The predicted molar refractivity (Wildman–Crippen MR) is 107 cm³/mol. The number of carbonyl (C=O) groups is 1. The molecule has 0 saturated carbocycles. The highest BCUT2D eigenvalue weighted by Crippen LogP contribution is 2.47. The number of amides is 1. The Morgan fingerprint density at radius 3 is 2.77 bits per heavy atom. The van der Waals surface area contributed by atoms with Crippen molar-refractivity contribution in [2.24, 2.45) is 5.10 Å². The zero-order valence-electron chi connectivity index (χ0n) is 17.3. The molecule has 9 nitrogen and oxygen atoms in total. The molecule has 3 saturated heterocycles. The Morgan fingerprint density at radius 1 is 1.17 bits per heavy atom. The second-order valence-electron chi connectivity index (χ2n) is 8.70. The maximum atomic E-state index is 12.6. The van der Waals surface area contributed by atoms with Crippen molar-refractivity contribution in [1.29, 1.82) is 0 Å². The van der Waals surface area contributed by atoms with Crippen molar-refractivity contribution < 1.29 is 28.5 Å². The van der Waals surface area contributed by atoms with E-state index in [1.165, 1.54) is 6.21 Å². The molecule has 1 amide bonds. The molecule has 0 unspecified atom stereocenters. The van der Waals surface area contributed by atoms with E-state index in [4.69, 9.17) is 23.7 Å². The van der Waals surface area contributed by atoms with Crippen LogP contribution in [0.2, 0.25) is 0 Å². The van der Waals surface area contributed by atoms with Crippen LogP contribution >= 0.6 is 0 Å². The van der Waals surface area contributed by atoms with Gasteiger partial charge in [-0.1, -0.05) is 18.2 Å². The van der Waals surface area contributed by atoms with Crippen LogP contribution in [0.5, 0.6) is 0 Å². The van der Waals surface area contributed by atoms with Gasteiger partial charge in [-0.3, -0.25) is 4.79 Å². The molecule has 0 aliphatic carbocycles. The van der Waals surface area contributed by atoms with Crippen molar-refractivity contribution >= 4 is 23.0 Å². The number of hydrogen-bond donors (Lipinski definition) is 2. The first kappa shape index (κ1) is 19.7. The summed E-state index contributed by atoms with van der Waals surface area (Å²) in [4.78, 5) is 15.7. The van der Waals surface area contributed by atoms with Crippen molar-refractivity contribution in [3.63, 3.8) is 0 Å². The molecular weight excluding hydrogens is 390 g/mol. The number of para-hydroxylation sites is 1. The van der Waals surface area contributed by atoms with E-state index in [-0.39, 0.29) is 12.0 Å². The number of rotatable bonds is 3. The summed E-state index contributed by atoms with van der Waals surface area (Å²) in [5, 5.41) is 5.13. The lowest BCUT2D eigenvalue weighted by atomic mass is 9.91. The molecule has 3 aliphatic heterocycles. The van der Waals surface area contributed by atoms with Crippen molar-refractivity contribution in [2.45, 2.75) is 63.4 Å². The molecule has 2 N–H and O–H groups in total. The molecule has 9 heteroatoms. The minimum absolute atomic E-state index is 0.315. The standard InChI is InChI=1S/C21H25N3O6/c1-19(2)27-15-10-26-18-21(16(15)28-19,30-20(3,4)29-18)11-22-24-17(25)14-9-12-7-5-6-8-13(12)23-14/h5-9,11,15-16,18,23H,10H2,1-4H3,(H,24,25)/b22-11-/t15-,16+,18-,21+/m0/s1. The molecule has 3 aliphatic rings. The number of fused-ring (bicyclic) bond motifs is 4. The number of ether oxygens (including phenoxy) is 5. The fourth-order valence-electron chi connectivity index (χ4n) is 4.33. The van der Waals surface area contributed by atoms with Gasteiger partial charge in [0, 0.05) is 10.9 Å². The van der Waals surface area contributed by atoms with Crippen LogP contribution in [-0.2, 0) is 23.7 Å². The Balaban J connectivity index is 1.40. The van der Waals surface area contributed by atoms with Gasteiger partial charge in [-0.15, -0.1) is 0 Å². The summed E-state index contributed by atoms with van der Waals surface area (Å²) in [6, 6.07) is 9.43. The Morgan fingerprint density at radius 2 is 1.97 bits per heavy atom. The summed E-state index contributed by atoms with van der Waals surface area (Å²) in [5.41, 5.74) is 2.68. The summed E-state index contributed by atoms with van der Waals surface area (Å²) in [6.45, 7) is 7.58. The Bertz CT molecular complexity index is 982. The third-order valence-corrected chi connectivity index (χ3v) is 5.43. The lowest BCUT2D eigenvalue weighted by Crippen LogP contribution is -2.62. The smallest absolute Gasteiger partial charge is 0.287 e. The molecular formula is C21H25N3O6. The number of hydrogen-bond acceptors (Lipinski definition) is 7. The lowest BCUT2D eigenvalue weighted by molar-refractivity contribution is -0.208. The van der Waals surface area contributed by atoms with Crippen LogP contribution in [0.3, 0.4) is 0 Å². The number of hydrazone groups is 1. The van der Waals surface area contributed by atoms with Crippen molar-refractivity contribution in [3.05, 3.63) is 36.0 Å². The minimum atomic E-state index is -1.16. The summed E-state index contributed by atoms with van der Waals surface area (Å²) >= 11 is 0. The van der Waals surface area contributed by atoms with E-state index in [2.05, 4.69) is 15.5 Å².